The van der Waals surface area contributed by atoms with Gasteiger partial charge in [-0.25, -0.2) is 13.1 Å². The van der Waals surface area contributed by atoms with Gasteiger partial charge in [0.2, 0.25) is 10.0 Å². The SMILES string of the molecule is COc1cc(C)c(N)cc1S(=O)(=O)NC1CCCC1(C)C. The van der Waals surface area contributed by atoms with Crippen molar-refractivity contribution in [2.75, 3.05) is 12.8 Å². The van der Waals surface area contributed by atoms with Gasteiger partial charge in [-0.2, -0.15) is 0 Å². The minimum absolute atomic E-state index is 0.0312. The van der Waals surface area contributed by atoms with Gasteiger partial charge in [-0.1, -0.05) is 20.3 Å². The molecule has 21 heavy (non-hydrogen) atoms. The maximum Gasteiger partial charge on any atom is 0.244 e. The molecule has 1 aliphatic carbocycles. The molecule has 0 heterocycles. The molecule has 0 amide bonds. The molecule has 0 spiro atoms. The Kier molecular flexibility index (Phi) is 4.22. The number of ether oxygens (including phenoxy) is 1. The molecule has 118 valence electrons. The zero-order chi connectivity index (χ0) is 15.8. The normalized spacial score (nSPS) is 21.4. The lowest BCUT2D eigenvalue weighted by Crippen LogP contribution is -2.41. The molecule has 0 aliphatic heterocycles. The van der Waals surface area contributed by atoms with Gasteiger partial charge < -0.3 is 10.5 Å². The van der Waals surface area contributed by atoms with Crippen LogP contribution in [-0.4, -0.2) is 21.6 Å². The summed E-state index contributed by atoms with van der Waals surface area (Å²) < 4.78 is 33.4. The molecule has 0 bridgehead atoms. The van der Waals surface area contributed by atoms with Crippen LogP contribution in [0.25, 0.3) is 0 Å². The van der Waals surface area contributed by atoms with Crippen molar-refractivity contribution < 1.29 is 13.2 Å². The molecule has 1 saturated carbocycles. The highest BCUT2D eigenvalue weighted by Gasteiger charge is 2.37. The predicted octanol–water partition coefficient (Wildman–Crippen LogP) is 2.44. The van der Waals surface area contributed by atoms with Crippen molar-refractivity contribution in [3.05, 3.63) is 17.7 Å². The van der Waals surface area contributed by atoms with E-state index in [9.17, 15) is 8.42 Å². The van der Waals surface area contributed by atoms with Crippen LogP contribution in [0.1, 0.15) is 38.7 Å². The molecule has 1 aromatic carbocycles. The zero-order valence-electron chi connectivity index (χ0n) is 13.1. The number of sulfonamides is 1. The van der Waals surface area contributed by atoms with Gasteiger partial charge in [0, 0.05) is 11.7 Å². The number of nitrogen functional groups attached to an aromatic ring is 1. The summed E-state index contributed by atoms with van der Waals surface area (Å²) in [4.78, 5) is 0.107. The van der Waals surface area contributed by atoms with Crippen molar-refractivity contribution in [1.82, 2.24) is 4.72 Å². The summed E-state index contributed by atoms with van der Waals surface area (Å²) >= 11 is 0. The second kappa shape index (κ2) is 5.50. The summed E-state index contributed by atoms with van der Waals surface area (Å²) in [6.45, 7) is 6.00. The Hall–Kier alpha value is -1.27. The van der Waals surface area contributed by atoms with Crippen molar-refractivity contribution in [3.63, 3.8) is 0 Å². The third-order valence-corrected chi connectivity index (χ3v) is 5.89. The van der Waals surface area contributed by atoms with Gasteiger partial charge in [-0.3, -0.25) is 0 Å². The molecule has 1 aromatic rings. The van der Waals surface area contributed by atoms with Crippen molar-refractivity contribution in [2.24, 2.45) is 5.41 Å². The predicted molar refractivity (Wildman–Crippen MR) is 83.9 cm³/mol. The average molecular weight is 312 g/mol. The van der Waals surface area contributed by atoms with Gasteiger partial charge in [0.05, 0.1) is 7.11 Å². The third-order valence-electron chi connectivity index (χ3n) is 4.40. The lowest BCUT2D eigenvalue weighted by Gasteiger charge is -2.28. The Morgan fingerprint density at radius 2 is 2.05 bits per heavy atom. The van der Waals surface area contributed by atoms with Gasteiger partial charge in [0.15, 0.2) is 0 Å². The fraction of sp³-hybridized carbons (Fsp3) is 0.600. The van der Waals surface area contributed by atoms with E-state index in [-0.39, 0.29) is 16.4 Å². The molecular formula is C15H24N2O3S. The molecular weight excluding hydrogens is 288 g/mol. The first-order valence-corrected chi connectivity index (χ1v) is 8.62. The molecule has 0 saturated heterocycles. The van der Waals surface area contributed by atoms with Crippen LogP contribution >= 0.6 is 0 Å². The monoisotopic (exact) mass is 312 g/mol. The summed E-state index contributed by atoms with van der Waals surface area (Å²) in [5.41, 5.74) is 7.07. The van der Waals surface area contributed by atoms with E-state index in [0.29, 0.717) is 11.4 Å². The van der Waals surface area contributed by atoms with Gasteiger partial charge >= 0.3 is 0 Å². The quantitative estimate of drug-likeness (QED) is 0.837. The molecule has 1 fully saturated rings. The average Bonchev–Trinajstić information content (AvgIpc) is 2.71. The van der Waals surface area contributed by atoms with Gasteiger partial charge in [0.1, 0.15) is 10.6 Å². The van der Waals surface area contributed by atoms with Crippen LogP contribution in [0, 0.1) is 12.3 Å². The van der Waals surface area contributed by atoms with E-state index in [4.69, 9.17) is 10.5 Å². The zero-order valence-corrected chi connectivity index (χ0v) is 13.9. The van der Waals surface area contributed by atoms with E-state index >= 15 is 0 Å². The highest BCUT2D eigenvalue weighted by molar-refractivity contribution is 7.89. The maximum atomic E-state index is 12.7. The molecule has 2 rings (SSSR count). The number of hydrogen-bond acceptors (Lipinski definition) is 4. The van der Waals surface area contributed by atoms with E-state index in [1.165, 1.54) is 13.2 Å². The Bertz CT molecular complexity index is 639. The maximum absolute atomic E-state index is 12.7. The van der Waals surface area contributed by atoms with Crippen LogP contribution in [0.2, 0.25) is 0 Å². The second-order valence-electron chi connectivity index (χ2n) is 6.41. The lowest BCUT2D eigenvalue weighted by atomic mass is 9.88. The number of nitrogens with two attached hydrogens (primary N) is 1. The first-order valence-electron chi connectivity index (χ1n) is 7.14. The second-order valence-corrected chi connectivity index (χ2v) is 8.10. The summed E-state index contributed by atoms with van der Waals surface area (Å²) in [6, 6.07) is 3.07. The summed E-state index contributed by atoms with van der Waals surface area (Å²) in [6.07, 6.45) is 2.91. The summed E-state index contributed by atoms with van der Waals surface area (Å²) in [5, 5.41) is 0. The molecule has 1 unspecified atom stereocenters. The Balaban J connectivity index is 2.38. The van der Waals surface area contributed by atoms with Crippen LogP contribution < -0.4 is 15.2 Å². The molecule has 1 aliphatic rings. The Morgan fingerprint density at radius 3 is 2.57 bits per heavy atom. The van der Waals surface area contributed by atoms with E-state index in [1.807, 2.05) is 6.92 Å². The molecule has 5 nitrogen and oxygen atoms in total. The summed E-state index contributed by atoms with van der Waals surface area (Å²) in [7, 11) is -2.19. The van der Waals surface area contributed by atoms with E-state index in [1.54, 1.807) is 6.07 Å². The first kappa shape index (κ1) is 16.1. The van der Waals surface area contributed by atoms with Gasteiger partial charge in [-0.05, 0) is 42.9 Å². The molecule has 3 N–H and O–H groups in total. The Labute approximate surface area is 126 Å². The van der Waals surface area contributed by atoms with E-state index < -0.39 is 10.0 Å². The topological polar surface area (TPSA) is 81.4 Å². The number of nitrogens with one attached hydrogen (secondary N) is 1. The van der Waals surface area contributed by atoms with Crippen LogP contribution in [0.5, 0.6) is 5.75 Å². The van der Waals surface area contributed by atoms with Crippen molar-refractivity contribution in [3.8, 4) is 5.75 Å². The number of aryl methyl sites for hydroxylation is 1. The largest absolute Gasteiger partial charge is 0.495 e. The van der Waals surface area contributed by atoms with Crippen molar-refractivity contribution in [2.45, 2.75) is 51.0 Å². The van der Waals surface area contributed by atoms with E-state index in [2.05, 4.69) is 18.6 Å². The molecule has 1 atom stereocenters. The number of anilines is 1. The third kappa shape index (κ3) is 3.16. The van der Waals surface area contributed by atoms with Crippen molar-refractivity contribution in [1.29, 1.82) is 0 Å². The number of hydrogen-bond donors (Lipinski definition) is 2. The highest BCUT2D eigenvalue weighted by Crippen LogP contribution is 2.38. The van der Waals surface area contributed by atoms with Crippen LogP contribution in [0.15, 0.2) is 17.0 Å². The molecule has 6 heteroatoms. The smallest absolute Gasteiger partial charge is 0.244 e. The van der Waals surface area contributed by atoms with Crippen LogP contribution in [0.4, 0.5) is 5.69 Å². The van der Waals surface area contributed by atoms with Crippen LogP contribution in [-0.2, 0) is 10.0 Å². The standard InChI is InChI=1S/C15H24N2O3S/c1-10-8-12(20-4)13(9-11(10)16)21(18,19)17-14-6-5-7-15(14,2)3/h8-9,14,17H,5-7,16H2,1-4H3. The fourth-order valence-electron chi connectivity index (χ4n) is 2.84. The number of benzene rings is 1. The summed E-state index contributed by atoms with van der Waals surface area (Å²) in [5.74, 6) is 0.324. The van der Waals surface area contributed by atoms with Crippen LogP contribution in [0.3, 0.4) is 0 Å². The first-order chi connectivity index (χ1) is 9.67. The fourth-order valence-corrected chi connectivity index (χ4v) is 4.47. The molecule has 0 radical (unpaired) electrons. The van der Waals surface area contributed by atoms with Gasteiger partial charge in [-0.15, -0.1) is 0 Å². The Morgan fingerprint density at radius 1 is 1.38 bits per heavy atom. The van der Waals surface area contributed by atoms with Crippen molar-refractivity contribution >= 4 is 15.7 Å². The highest BCUT2D eigenvalue weighted by atomic mass is 32.2. The number of methoxy groups -OCH3 is 1. The lowest BCUT2D eigenvalue weighted by molar-refractivity contribution is 0.312. The van der Waals surface area contributed by atoms with E-state index in [0.717, 1.165) is 24.8 Å². The molecule has 0 aromatic heterocycles. The van der Waals surface area contributed by atoms with Gasteiger partial charge in [0.25, 0.3) is 0 Å². The minimum atomic E-state index is -3.65. The minimum Gasteiger partial charge on any atom is -0.495 e. The number of rotatable bonds is 4.